The van der Waals surface area contributed by atoms with E-state index in [4.69, 9.17) is 0 Å². The van der Waals surface area contributed by atoms with Gasteiger partial charge in [-0.1, -0.05) is 182 Å². The van der Waals surface area contributed by atoms with E-state index in [1.807, 2.05) is 0 Å². The van der Waals surface area contributed by atoms with E-state index >= 15 is 0 Å². The van der Waals surface area contributed by atoms with Crippen molar-refractivity contribution >= 4 is 155 Å². The lowest BCUT2D eigenvalue weighted by atomic mass is 9.45. The molecule has 72 heavy (non-hydrogen) atoms. The van der Waals surface area contributed by atoms with Crippen molar-refractivity contribution in [3.05, 3.63) is 206 Å². The Labute approximate surface area is 411 Å². The van der Waals surface area contributed by atoms with Gasteiger partial charge in [-0.15, -0.1) is 0 Å². The third-order valence-electron chi connectivity index (χ3n) is 18.0. The molecule has 12 aromatic carbocycles. The van der Waals surface area contributed by atoms with Gasteiger partial charge in [0.2, 0.25) is 0 Å². The van der Waals surface area contributed by atoms with E-state index in [2.05, 4.69) is 224 Å². The molecule has 0 unspecified atom stereocenters. The second kappa shape index (κ2) is 11.8. The third kappa shape index (κ3) is 3.68. The Kier molecular flexibility index (Phi) is 5.89. The molecule has 6 heteroatoms. The van der Waals surface area contributed by atoms with Gasteiger partial charge in [-0.25, -0.2) is 0 Å². The number of rotatable bonds is 0. The number of hydrogen-bond acceptors (Lipinski definition) is 0. The minimum absolute atomic E-state index is 0.0749. The molecule has 8 heterocycles. The van der Waals surface area contributed by atoms with Crippen LogP contribution in [0.4, 0.5) is 0 Å². The van der Waals surface area contributed by atoms with Gasteiger partial charge in [0.25, 0.3) is 0 Å². The van der Waals surface area contributed by atoms with Crippen LogP contribution in [0.15, 0.2) is 206 Å². The summed E-state index contributed by atoms with van der Waals surface area (Å²) in [5, 5.41) is 18.4. The molecule has 0 radical (unpaired) electrons. The zero-order valence-electron chi connectivity index (χ0n) is 38.6. The van der Waals surface area contributed by atoms with Gasteiger partial charge in [0.1, 0.15) is 0 Å². The van der Waals surface area contributed by atoms with E-state index in [-0.39, 0.29) is 13.7 Å². The number of benzene rings is 12. The van der Waals surface area contributed by atoms with Crippen LogP contribution in [0.25, 0.3) is 153 Å². The predicted octanol–water partition coefficient (Wildman–Crippen LogP) is 13.5. The molecule has 4 aliphatic rings. The molecule has 0 atom stereocenters. The summed E-state index contributed by atoms with van der Waals surface area (Å²) in [6, 6.07) is 79.0. The molecule has 0 aliphatic carbocycles. The van der Waals surface area contributed by atoms with Crippen LogP contribution in [0.3, 0.4) is 0 Å². The minimum atomic E-state index is -0.0749. The minimum Gasteiger partial charge on any atom is -0.374 e. The van der Waals surface area contributed by atoms with Gasteiger partial charge in [0.15, 0.2) is 0 Å². The van der Waals surface area contributed by atoms with Gasteiger partial charge in [0, 0.05) is 65.9 Å². The summed E-state index contributed by atoms with van der Waals surface area (Å²) in [5.41, 5.74) is 23.8. The molecular weight excluding hydrogens is 870 g/mol. The van der Waals surface area contributed by atoms with Crippen molar-refractivity contribution in [1.82, 2.24) is 18.1 Å². The molecule has 0 N–H and O–H groups in total. The van der Waals surface area contributed by atoms with Crippen LogP contribution in [0.1, 0.15) is 0 Å². The standard InChI is InChI=1S/C66H34B2N4/c1-3-17-37-35(15-1)31-33-51-55(37)57-41-21-7-5-19-39(41)53-43-23-13-25-45-61(43)71(67-47-27-9-11-29-49(47)69(51)65(57)59(53)67)63-46-26-14-24-44-54-40-20-6-8-22-42(40)58-56-38-18-4-2-16-36(38)32-34-52(56)70-50-30-12-10-28-48(50)68(60(54)66(58)70)72(62(44)46)64(45)63/h1-34H. The molecular formula is C66H34B2N4. The molecule has 0 fully saturated rings. The SMILES string of the molecule is c1ccc2c(c1)B1c3c(c4ccccc4c4c5c6ccccc6ccc5n-2c34)-c2cccc3c2n1c1c2cccc4c2n(c31)B1c2ccccc2-n2c3ccc5ccccc5c3c3c5ccccc5c-4c1c32. The van der Waals surface area contributed by atoms with Gasteiger partial charge in [0.05, 0.1) is 33.1 Å². The Balaban J connectivity index is 1.02. The zero-order chi connectivity index (χ0) is 46.0. The Bertz CT molecular complexity index is 5040. The van der Waals surface area contributed by atoms with E-state index < -0.39 is 0 Å². The van der Waals surface area contributed by atoms with Crippen molar-refractivity contribution < 1.29 is 0 Å². The maximum absolute atomic E-state index is 2.82. The predicted molar refractivity (Wildman–Crippen MR) is 305 cm³/mol. The van der Waals surface area contributed by atoms with Gasteiger partial charge in [-0.2, -0.15) is 0 Å². The molecule has 324 valence electrons. The average molecular weight is 905 g/mol. The summed E-state index contributed by atoms with van der Waals surface area (Å²) in [4.78, 5) is 0. The van der Waals surface area contributed by atoms with Crippen LogP contribution in [0.2, 0.25) is 0 Å². The number of hydrogen-bond donors (Lipinski definition) is 0. The summed E-state index contributed by atoms with van der Waals surface area (Å²) in [7, 11) is 0. The lowest BCUT2D eigenvalue weighted by molar-refractivity contribution is 1.18. The fourth-order valence-corrected chi connectivity index (χ4v) is 15.7. The molecule has 4 nitrogen and oxygen atoms in total. The van der Waals surface area contributed by atoms with E-state index in [1.165, 1.54) is 175 Å². The lowest BCUT2D eigenvalue weighted by Gasteiger charge is -2.35. The van der Waals surface area contributed by atoms with Crippen LogP contribution in [-0.4, -0.2) is 31.8 Å². The first-order chi connectivity index (χ1) is 35.8. The number of nitrogens with zero attached hydrogens (tertiary/aromatic N) is 4. The monoisotopic (exact) mass is 904 g/mol. The lowest BCUT2D eigenvalue weighted by Crippen LogP contribution is -2.55. The molecule has 0 spiro atoms. The largest absolute Gasteiger partial charge is 0.374 e. The quantitative estimate of drug-likeness (QED) is 0.135. The first-order valence-electron chi connectivity index (χ1n) is 25.4. The first-order valence-corrected chi connectivity index (χ1v) is 25.4. The number of para-hydroxylation sites is 4. The van der Waals surface area contributed by atoms with E-state index in [9.17, 15) is 0 Å². The molecule has 0 amide bonds. The molecule has 0 saturated heterocycles. The van der Waals surface area contributed by atoms with Crippen LogP contribution in [0.5, 0.6) is 0 Å². The second-order valence-corrected chi connectivity index (χ2v) is 20.9. The molecule has 0 bridgehead atoms. The summed E-state index contributed by atoms with van der Waals surface area (Å²) < 4.78 is 10.9. The molecule has 0 saturated carbocycles. The van der Waals surface area contributed by atoms with Crippen LogP contribution >= 0.6 is 0 Å². The van der Waals surface area contributed by atoms with Gasteiger partial charge in [-0.05, 0) is 100 Å². The van der Waals surface area contributed by atoms with Crippen molar-refractivity contribution in [3.8, 4) is 33.6 Å². The van der Waals surface area contributed by atoms with Crippen LogP contribution in [0, 0.1) is 0 Å². The van der Waals surface area contributed by atoms with Crippen molar-refractivity contribution in [2.75, 3.05) is 0 Å². The van der Waals surface area contributed by atoms with E-state index in [0.29, 0.717) is 0 Å². The maximum atomic E-state index is 2.82. The van der Waals surface area contributed by atoms with Gasteiger partial charge < -0.3 is 18.1 Å². The molecule has 4 aliphatic heterocycles. The normalized spacial score (nSPS) is 13.8. The topological polar surface area (TPSA) is 19.7 Å². The molecule has 16 aromatic rings. The third-order valence-corrected chi connectivity index (χ3v) is 18.0. The average Bonchev–Trinajstić information content (AvgIpc) is 4.20. The van der Waals surface area contributed by atoms with Gasteiger partial charge >= 0.3 is 13.7 Å². The fourth-order valence-electron chi connectivity index (χ4n) is 15.7. The van der Waals surface area contributed by atoms with E-state index in [0.717, 1.165) is 0 Å². The van der Waals surface area contributed by atoms with Crippen molar-refractivity contribution in [1.29, 1.82) is 0 Å². The summed E-state index contributed by atoms with van der Waals surface area (Å²) in [6.07, 6.45) is 0. The highest BCUT2D eigenvalue weighted by atomic mass is 15.1. The van der Waals surface area contributed by atoms with Crippen molar-refractivity contribution in [2.45, 2.75) is 0 Å². The Morgan fingerprint density at radius 3 is 1.12 bits per heavy atom. The van der Waals surface area contributed by atoms with Crippen LogP contribution < -0.4 is 21.9 Å². The maximum Gasteiger partial charge on any atom is 0.333 e. The first kappa shape index (κ1) is 35.8. The number of fused-ring (bicyclic) bond motifs is 31. The highest BCUT2D eigenvalue weighted by molar-refractivity contribution is 6.92. The summed E-state index contributed by atoms with van der Waals surface area (Å²) >= 11 is 0. The van der Waals surface area contributed by atoms with Crippen molar-refractivity contribution in [3.63, 3.8) is 0 Å². The van der Waals surface area contributed by atoms with Crippen LogP contribution in [-0.2, 0) is 0 Å². The smallest absolute Gasteiger partial charge is 0.333 e. The second-order valence-electron chi connectivity index (χ2n) is 20.9. The highest BCUT2D eigenvalue weighted by Crippen LogP contribution is 2.53. The Morgan fingerprint density at radius 2 is 0.653 bits per heavy atom. The fraction of sp³-hybridized carbons (Fsp3) is 0. The zero-order valence-corrected chi connectivity index (χ0v) is 38.6. The molecule has 4 aromatic heterocycles. The van der Waals surface area contributed by atoms with Gasteiger partial charge in [-0.3, -0.25) is 0 Å². The summed E-state index contributed by atoms with van der Waals surface area (Å²) in [6.45, 7) is -0.150. The molecule has 20 rings (SSSR count). The Morgan fingerprint density at radius 1 is 0.264 bits per heavy atom. The summed E-state index contributed by atoms with van der Waals surface area (Å²) in [5.74, 6) is 0. The number of aromatic nitrogens is 4. The van der Waals surface area contributed by atoms with E-state index in [1.54, 1.807) is 0 Å². The highest BCUT2D eigenvalue weighted by Gasteiger charge is 2.47. The van der Waals surface area contributed by atoms with Crippen molar-refractivity contribution in [2.24, 2.45) is 0 Å². The Hall–Kier alpha value is -9.25.